The van der Waals surface area contributed by atoms with Crippen LogP contribution in [0.5, 0.6) is 0 Å². The summed E-state index contributed by atoms with van der Waals surface area (Å²) >= 11 is 0. The molecule has 0 saturated carbocycles. The Balaban J connectivity index is 2.10. The second kappa shape index (κ2) is 6.48. The molecular formula is C21H18N2O4. The fourth-order valence-corrected chi connectivity index (χ4v) is 3.69. The number of ketones is 1. The molecule has 0 amide bonds. The van der Waals surface area contributed by atoms with Crippen molar-refractivity contribution >= 4 is 22.5 Å². The van der Waals surface area contributed by atoms with Gasteiger partial charge in [-0.1, -0.05) is 30.3 Å². The Morgan fingerprint density at radius 2 is 1.81 bits per heavy atom. The lowest BCUT2D eigenvalue weighted by atomic mass is 10.0. The average molecular weight is 362 g/mol. The van der Waals surface area contributed by atoms with Crippen molar-refractivity contribution in [1.29, 1.82) is 0 Å². The van der Waals surface area contributed by atoms with E-state index in [0.717, 1.165) is 5.56 Å². The third kappa shape index (κ3) is 2.49. The highest BCUT2D eigenvalue weighted by atomic mass is 16.5. The van der Waals surface area contributed by atoms with E-state index in [4.69, 9.17) is 10.5 Å². The SMILES string of the molecule is COC(=O)c1ccc2c3c(n(CCCN)c(=O)c2c1)-c1ccccc1C3=O. The average Bonchev–Trinajstić information content (AvgIpc) is 3.00. The highest BCUT2D eigenvalue weighted by Gasteiger charge is 2.32. The van der Waals surface area contributed by atoms with Gasteiger partial charge in [-0.05, 0) is 25.1 Å². The molecule has 0 radical (unpaired) electrons. The van der Waals surface area contributed by atoms with E-state index in [0.29, 0.717) is 47.1 Å². The van der Waals surface area contributed by atoms with Gasteiger partial charge >= 0.3 is 5.97 Å². The van der Waals surface area contributed by atoms with Crippen LogP contribution in [-0.2, 0) is 11.3 Å². The van der Waals surface area contributed by atoms with Gasteiger partial charge in [-0.2, -0.15) is 0 Å². The van der Waals surface area contributed by atoms with E-state index in [-0.39, 0.29) is 16.9 Å². The second-order valence-corrected chi connectivity index (χ2v) is 6.45. The first-order valence-corrected chi connectivity index (χ1v) is 8.71. The summed E-state index contributed by atoms with van der Waals surface area (Å²) in [5.41, 5.74) is 8.14. The molecule has 1 aliphatic rings. The third-order valence-electron chi connectivity index (χ3n) is 4.93. The predicted molar refractivity (Wildman–Crippen MR) is 102 cm³/mol. The van der Waals surface area contributed by atoms with Crippen LogP contribution in [-0.4, -0.2) is 30.0 Å². The van der Waals surface area contributed by atoms with Gasteiger partial charge in [-0.15, -0.1) is 0 Å². The summed E-state index contributed by atoms with van der Waals surface area (Å²) in [6, 6.07) is 12.0. The normalized spacial score (nSPS) is 12.1. The maximum absolute atomic E-state index is 13.2. The Bertz CT molecular complexity index is 1160. The number of rotatable bonds is 4. The fourth-order valence-electron chi connectivity index (χ4n) is 3.69. The molecule has 4 rings (SSSR count). The van der Waals surface area contributed by atoms with Crippen LogP contribution in [0, 0.1) is 0 Å². The Morgan fingerprint density at radius 1 is 1.07 bits per heavy atom. The predicted octanol–water partition coefficient (Wildman–Crippen LogP) is 2.35. The summed E-state index contributed by atoms with van der Waals surface area (Å²) in [5.74, 6) is -0.641. The van der Waals surface area contributed by atoms with E-state index in [1.165, 1.54) is 13.2 Å². The van der Waals surface area contributed by atoms with Crippen molar-refractivity contribution in [3.05, 3.63) is 69.5 Å². The van der Waals surface area contributed by atoms with E-state index < -0.39 is 5.97 Å². The fraction of sp³-hybridized carbons (Fsp3) is 0.190. The number of pyridine rings is 1. The topological polar surface area (TPSA) is 91.4 Å². The molecule has 0 atom stereocenters. The Kier molecular flexibility index (Phi) is 4.12. The Labute approximate surface area is 155 Å². The van der Waals surface area contributed by atoms with Crippen LogP contribution in [0.1, 0.15) is 32.7 Å². The standard InChI is InChI=1S/C21H18N2O4/c1-27-21(26)12-7-8-13-16(11-12)20(25)23(10-4-9-22)18-14-5-2-3-6-15(14)19(24)17(13)18/h2-3,5-8,11H,4,9-10,22H2,1H3. The van der Waals surface area contributed by atoms with Crippen LogP contribution < -0.4 is 11.3 Å². The second-order valence-electron chi connectivity index (χ2n) is 6.45. The Morgan fingerprint density at radius 3 is 2.52 bits per heavy atom. The summed E-state index contributed by atoms with van der Waals surface area (Å²) < 4.78 is 6.36. The molecule has 1 aliphatic carbocycles. The summed E-state index contributed by atoms with van der Waals surface area (Å²) in [5, 5.41) is 0.877. The van der Waals surface area contributed by atoms with Crippen molar-refractivity contribution in [2.45, 2.75) is 13.0 Å². The van der Waals surface area contributed by atoms with Crippen LogP contribution in [0.3, 0.4) is 0 Å². The summed E-state index contributed by atoms with van der Waals surface area (Å²) in [4.78, 5) is 38.2. The number of esters is 1. The first kappa shape index (κ1) is 17.2. The minimum Gasteiger partial charge on any atom is -0.465 e. The van der Waals surface area contributed by atoms with Crippen LogP contribution in [0.2, 0.25) is 0 Å². The molecule has 0 spiro atoms. The molecule has 136 valence electrons. The first-order chi connectivity index (χ1) is 13.1. The number of aromatic nitrogens is 1. The number of hydrogen-bond donors (Lipinski definition) is 1. The zero-order valence-corrected chi connectivity index (χ0v) is 14.8. The largest absolute Gasteiger partial charge is 0.465 e. The van der Waals surface area contributed by atoms with Gasteiger partial charge in [0.2, 0.25) is 0 Å². The van der Waals surface area contributed by atoms with E-state index in [1.807, 2.05) is 18.2 Å². The lowest BCUT2D eigenvalue weighted by Crippen LogP contribution is -2.24. The number of nitrogens with two attached hydrogens (primary N) is 1. The summed E-state index contributed by atoms with van der Waals surface area (Å²) in [6.45, 7) is 0.828. The van der Waals surface area contributed by atoms with Crippen molar-refractivity contribution in [2.24, 2.45) is 5.73 Å². The van der Waals surface area contributed by atoms with Crippen molar-refractivity contribution < 1.29 is 14.3 Å². The highest BCUT2D eigenvalue weighted by Crippen LogP contribution is 2.39. The molecule has 0 aliphatic heterocycles. The molecule has 3 aromatic rings. The zero-order valence-electron chi connectivity index (χ0n) is 14.8. The van der Waals surface area contributed by atoms with E-state index in [1.54, 1.807) is 22.8 Å². The molecule has 0 saturated heterocycles. The van der Waals surface area contributed by atoms with Gasteiger partial charge in [0.1, 0.15) is 0 Å². The molecule has 1 heterocycles. The molecule has 27 heavy (non-hydrogen) atoms. The van der Waals surface area contributed by atoms with Crippen LogP contribution in [0.25, 0.3) is 22.0 Å². The van der Waals surface area contributed by atoms with Gasteiger partial charge in [0.05, 0.1) is 23.9 Å². The third-order valence-corrected chi connectivity index (χ3v) is 4.93. The summed E-state index contributed by atoms with van der Waals surface area (Å²) in [7, 11) is 1.29. The lowest BCUT2D eigenvalue weighted by molar-refractivity contribution is 0.0601. The number of fused-ring (bicyclic) bond motifs is 5. The van der Waals surface area contributed by atoms with Gasteiger partial charge in [0, 0.05) is 28.4 Å². The number of methoxy groups -OCH3 is 1. The van der Waals surface area contributed by atoms with Crippen LogP contribution in [0.4, 0.5) is 0 Å². The first-order valence-electron chi connectivity index (χ1n) is 8.71. The minimum absolute atomic E-state index is 0.113. The lowest BCUT2D eigenvalue weighted by Gasteiger charge is -2.15. The number of nitrogens with zero attached hydrogens (tertiary/aromatic N) is 1. The van der Waals surface area contributed by atoms with Crippen molar-refractivity contribution in [1.82, 2.24) is 4.57 Å². The molecule has 0 unspecified atom stereocenters. The molecule has 1 aromatic heterocycles. The van der Waals surface area contributed by atoms with Gasteiger partial charge in [0.15, 0.2) is 5.78 Å². The molecule has 2 N–H and O–H groups in total. The van der Waals surface area contributed by atoms with Crippen molar-refractivity contribution in [3.63, 3.8) is 0 Å². The van der Waals surface area contributed by atoms with Gasteiger partial charge in [-0.25, -0.2) is 4.79 Å². The van der Waals surface area contributed by atoms with Gasteiger partial charge in [-0.3, -0.25) is 9.59 Å². The van der Waals surface area contributed by atoms with Crippen LogP contribution >= 0.6 is 0 Å². The number of hydrogen-bond acceptors (Lipinski definition) is 5. The van der Waals surface area contributed by atoms with E-state index in [9.17, 15) is 14.4 Å². The monoisotopic (exact) mass is 362 g/mol. The molecule has 6 nitrogen and oxygen atoms in total. The molecule has 0 fully saturated rings. The quantitative estimate of drug-likeness (QED) is 0.563. The molecule has 6 heteroatoms. The summed E-state index contributed by atoms with van der Waals surface area (Å²) in [6.07, 6.45) is 0.602. The molecular weight excluding hydrogens is 344 g/mol. The Hall–Kier alpha value is -3.25. The zero-order chi connectivity index (χ0) is 19.1. The number of carbonyl (C=O) groups is 2. The van der Waals surface area contributed by atoms with Gasteiger partial charge in [0.25, 0.3) is 5.56 Å². The van der Waals surface area contributed by atoms with Crippen molar-refractivity contribution in [2.75, 3.05) is 13.7 Å². The smallest absolute Gasteiger partial charge is 0.337 e. The van der Waals surface area contributed by atoms with Gasteiger partial charge < -0.3 is 15.0 Å². The van der Waals surface area contributed by atoms with E-state index >= 15 is 0 Å². The van der Waals surface area contributed by atoms with Crippen molar-refractivity contribution in [3.8, 4) is 11.3 Å². The minimum atomic E-state index is -0.528. The molecule has 0 bridgehead atoms. The maximum Gasteiger partial charge on any atom is 0.337 e. The van der Waals surface area contributed by atoms with E-state index in [2.05, 4.69) is 0 Å². The van der Waals surface area contributed by atoms with Crippen LogP contribution in [0.15, 0.2) is 47.3 Å². The number of benzene rings is 2. The molecule has 2 aromatic carbocycles. The maximum atomic E-state index is 13.2. The number of carbonyl (C=O) groups excluding carboxylic acids is 2. The number of ether oxygens (including phenoxy) is 1. The highest BCUT2D eigenvalue weighted by molar-refractivity contribution is 6.26.